The first-order valence-corrected chi connectivity index (χ1v) is 16.5. The molecule has 3 fully saturated rings. The van der Waals surface area contributed by atoms with Gasteiger partial charge < -0.3 is 10.2 Å². The van der Waals surface area contributed by atoms with Crippen molar-refractivity contribution in [2.75, 3.05) is 5.75 Å². The van der Waals surface area contributed by atoms with Crippen molar-refractivity contribution in [3.8, 4) is 6.07 Å². The fraction of sp³-hybridized carbons (Fsp3) is 0.562. The van der Waals surface area contributed by atoms with Gasteiger partial charge in [-0.05, 0) is 85.5 Å². The number of hydrogen-bond acceptors (Lipinski definition) is 8. The van der Waals surface area contributed by atoms with Crippen molar-refractivity contribution >= 4 is 45.2 Å². The molecule has 2 aromatic heterocycles. The normalized spacial score (nSPS) is 35.6. The highest BCUT2D eigenvalue weighted by atomic mass is 32.2. The Bertz CT molecular complexity index is 1570. The number of aryl methyl sites for hydroxylation is 1. The van der Waals surface area contributed by atoms with E-state index in [1.165, 1.54) is 22.9 Å². The summed E-state index contributed by atoms with van der Waals surface area (Å²) in [5.74, 6) is 0.569. The van der Waals surface area contributed by atoms with E-state index >= 15 is 0 Å². The van der Waals surface area contributed by atoms with E-state index < -0.39 is 17.1 Å². The van der Waals surface area contributed by atoms with Gasteiger partial charge in [0.15, 0.2) is 10.1 Å². The quantitative estimate of drug-likeness (QED) is 0.358. The summed E-state index contributed by atoms with van der Waals surface area (Å²) in [7, 11) is 0. The van der Waals surface area contributed by atoms with E-state index in [1.807, 2.05) is 35.1 Å². The maximum atomic E-state index is 13.8. The Hall–Kier alpha value is -2.51. The molecule has 4 aliphatic carbocycles. The summed E-state index contributed by atoms with van der Waals surface area (Å²) in [4.78, 5) is 18.4. The predicted octanol–water partition coefficient (Wildman–Crippen LogP) is 5.65. The first-order chi connectivity index (χ1) is 19.7. The summed E-state index contributed by atoms with van der Waals surface area (Å²) >= 11 is 3.00. The molecule has 9 heteroatoms. The number of benzene rings is 1. The van der Waals surface area contributed by atoms with Crippen molar-refractivity contribution < 1.29 is 15.0 Å². The average Bonchev–Trinajstić information content (AvgIpc) is 3.62. The molecule has 2 N–H and O–H groups in total. The maximum absolute atomic E-state index is 13.8. The van der Waals surface area contributed by atoms with Crippen LogP contribution in [-0.4, -0.2) is 48.2 Å². The number of rotatable bonds is 6. The molecule has 7 rings (SSSR count). The molecule has 5 unspecified atom stereocenters. The molecule has 0 saturated heterocycles. The number of Topliss-reactive ketones (excluding diaryl/α,β-unsaturated/α-hetero) is 1. The van der Waals surface area contributed by atoms with Crippen molar-refractivity contribution in [1.82, 2.24) is 14.8 Å². The SMILES string of the molecule is CC12Cc3cnn(CCC#N)c3C=C1CCC1C2[C@@H](O)CC2(C)C1CC[C@]2(O)C(=O)CSc1nc2ccccc2s1. The Morgan fingerprint density at radius 1 is 1.29 bits per heavy atom. The molecule has 4 aliphatic rings. The standard InChI is InChI=1S/C32H36N4O3S2/c1-30-15-19-17-34-36(13-5-12-33)24(19)14-20(30)8-9-21-22-10-11-32(39,31(22,2)16-25(37)28(21)30)27(38)18-40-29-35-23-6-3-4-7-26(23)41-29/h3-4,6-7,14,17,21-22,25,28,37,39H,5,8-11,13,15-16,18H2,1-2H3/t21?,22?,25-,28?,30?,31?,32-/m0/s1. The van der Waals surface area contributed by atoms with Gasteiger partial charge >= 0.3 is 0 Å². The van der Waals surface area contributed by atoms with Gasteiger partial charge in [0.25, 0.3) is 0 Å². The van der Waals surface area contributed by atoms with Crippen LogP contribution in [0.3, 0.4) is 0 Å². The molecular weight excluding hydrogens is 553 g/mol. The van der Waals surface area contributed by atoms with Gasteiger partial charge in [-0.15, -0.1) is 11.3 Å². The number of nitrogens with zero attached hydrogens (tertiary/aromatic N) is 4. The Balaban J connectivity index is 1.13. The Kier molecular flexibility index (Phi) is 6.51. The smallest absolute Gasteiger partial charge is 0.175 e. The van der Waals surface area contributed by atoms with Crippen molar-refractivity contribution in [1.29, 1.82) is 5.26 Å². The lowest BCUT2D eigenvalue weighted by Crippen LogP contribution is -2.62. The Morgan fingerprint density at radius 3 is 2.93 bits per heavy atom. The van der Waals surface area contributed by atoms with Crippen LogP contribution in [-0.2, 0) is 17.8 Å². The van der Waals surface area contributed by atoms with E-state index in [2.05, 4.69) is 36.1 Å². The number of carbonyl (C=O) groups excluding carboxylic acids is 1. The van der Waals surface area contributed by atoms with Gasteiger partial charge in [0, 0.05) is 5.41 Å². The number of ketones is 1. The predicted molar refractivity (Wildman–Crippen MR) is 160 cm³/mol. The van der Waals surface area contributed by atoms with Gasteiger partial charge in [-0.3, -0.25) is 9.48 Å². The van der Waals surface area contributed by atoms with Crippen LogP contribution in [0.1, 0.15) is 63.6 Å². The number of thiazole rings is 1. The largest absolute Gasteiger partial charge is 0.393 e. The van der Waals surface area contributed by atoms with Crippen molar-refractivity contribution in [2.24, 2.45) is 28.6 Å². The second kappa shape index (κ2) is 9.77. The fourth-order valence-electron chi connectivity index (χ4n) is 9.20. The summed E-state index contributed by atoms with van der Waals surface area (Å²) < 4.78 is 3.89. The van der Waals surface area contributed by atoms with Crippen LogP contribution in [0.25, 0.3) is 16.3 Å². The van der Waals surface area contributed by atoms with Crippen LogP contribution >= 0.6 is 23.1 Å². The molecule has 1 aromatic carbocycles. The van der Waals surface area contributed by atoms with Gasteiger partial charge in [-0.25, -0.2) is 4.98 Å². The summed E-state index contributed by atoms with van der Waals surface area (Å²) in [5.41, 5.74) is 2.30. The van der Waals surface area contributed by atoms with Gasteiger partial charge in [0.1, 0.15) is 5.60 Å². The number of aromatic nitrogens is 3. The summed E-state index contributed by atoms with van der Waals surface area (Å²) in [6, 6.07) is 10.2. The van der Waals surface area contributed by atoms with Crippen LogP contribution in [0.2, 0.25) is 0 Å². The summed E-state index contributed by atoms with van der Waals surface area (Å²) in [6.45, 7) is 4.96. The number of para-hydroxylation sites is 1. The first-order valence-electron chi connectivity index (χ1n) is 14.7. The number of fused-ring (bicyclic) bond motifs is 7. The minimum atomic E-state index is -1.44. The van der Waals surface area contributed by atoms with E-state index in [0.29, 0.717) is 25.8 Å². The van der Waals surface area contributed by atoms with E-state index in [9.17, 15) is 15.0 Å². The van der Waals surface area contributed by atoms with Crippen LogP contribution in [0.15, 0.2) is 40.4 Å². The molecule has 7 nitrogen and oxygen atoms in total. The number of thioether (sulfide) groups is 1. The molecule has 7 atom stereocenters. The molecular formula is C32H36N4O3S2. The summed E-state index contributed by atoms with van der Waals surface area (Å²) in [5, 5.41) is 37.6. The van der Waals surface area contributed by atoms with Crippen LogP contribution < -0.4 is 0 Å². The van der Waals surface area contributed by atoms with Gasteiger partial charge in [-0.1, -0.05) is 43.3 Å². The molecule has 3 saturated carbocycles. The average molecular weight is 589 g/mol. The number of carbonyl (C=O) groups is 1. The zero-order chi connectivity index (χ0) is 28.6. The molecule has 214 valence electrons. The molecule has 3 aromatic rings. The highest BCUT2D eigenvalue weighted by molar-refractivity contribution is 8.01. The monoisotopic (exact) mass is 588 g/mol. The van der Waals surface area contributed by atoms with Crippen molar-refractivity contribution in [2.45, 2.75) is 81.4 Å². The molecule has 41 heavy (non-hydrogen) atoms. The second-order valence-electron chi connectivity index (χ2n) is 13.0. The first kappa shape index (κ1) is 27.3. The Morgan fingerprint density at radius 2 is 2.12 bits per heavy atom. The van der Waals surface area contributed by atoms with E-state index in [4.69, 9.17) is 5.26 Å². The zero-order valence-electron chi connectivity index (χ0n) is 23.5. The van der Waals surface area contributed by atoms with E-state index in [1.54, 1.807) is 11.3 Å². The molecule has 0 aliphatic heterocycles. The molecule has 0 radical (unpaired) electrons. The number of aliphatic hydroxyl groups excluding tert-OH is 1. The minimum absolute atomic E-state index is 0.0748. The lowest BCUT2D eigenvalue weighted by Gasteiger charge is -2.60. The van der Waals surface area contributed by atoms with E-state index in [-0.39, 0.29) is 34.7 Å². The van der Waals surface area contributed by atoms with E-state index in [0.717, 1.165) is 45.9 Å². The minimum Gasteiger partial charge on any atom is -0.393 e. The number of aliphatic hydroxyl groups is 2. The molecule has 0 amide bonds. The maximum Gasteiger partial charge on any atom is 0.175 e. The molecule has 0 bridgehead atoms. The number of allylic oxidation sites excluding steroid dienone is 1. The molecule has 0 spiro atoms. The van der Waals surface area contributed by atoms with Gasteiger partial charge in [-0.2, -0.15) is 10.4 Å². The van der Waals surface area contributed by atoms with Crippen LogP contribution in [0, 0.1) is 39.9 Å². The molecule has 2 heterocycles. The third kappa shape index (κ3) is 4.01. The third-order valence-electron chi connectivity index (χ3n) is 11.1. The lowest BCUT2D eigenvalue weighted by molar-refractivity contribution is -0.177. The zero-order valence-corrected chi connectivity index (χ0v) is 25.2. The summed E-state index contributed by atoms with van der Waals surface area (Å²) in [6.07, 6.45) is 8.46. The van der Waals surface area contributed by atoms with Crippen molar-refractivity contribution in [3.05, 3.63) is 47.3 Å². The van der Waals surface area contributed by atoms with Gasteiger partial charge in [0.2, 0.25) is 0 Å². The third-order valence-corrected chi connectivity index (χ3v) is 13.3. The lowest BCUT2D eigenvalue weighted by atomic mass is 9.45. The number of hydrogen-bond donors (Lipinski definition) is 2. The highest BCUT2D eigenvalue weighted by Gasteiger charge is 2.68. The number of nitriles is 1. The highest BCUT2D eigenvalue weighted by Crippen LogP contribution is 2.67. The topological polar surface area (TPSA) is 112 Å². The van der Waals surface area contributed by atoms with Crippen LogP contribution in [0.4, 0.5) is 0 Å². The van der Waals surface area contributed by atoms with Crippen molar-refractivity contribution in [3.63, 3.8) is 0 Å². The Labute approximate surface area is 248 Å². The van der Waals surface area contributed by atoms with Gasteiger partial charge in [0.05, 0.1) is 53.0 Å². The van der Waals surface area contributed by atoms with Crippen LogP contribution in [0.5, 0.6) is 0 Å². The second-order valence-corrected chi connectivity index (χ2v) is 15.3. The fourth-order valence-corrected chi connectivity index (χ4v) is 11.2.